The van der Waals surface area contributed by atoms with E-state index in [4.69, 9.17) is 23.7 Å². The Morgan fingerprint density at radius 3 is 2.02 bits per heavy atom. The molecule has 52 heavy (non-hydrogen) atoms. The van der Waals surface area contributed by atoms with Gasteiger partial charge >= 0.3 is 5.97 Å². The second-order valence-electron chi connectivity index (χ2n) is 14.6. The van der Waals surface area contributed by atoms with E-state index in [1.807, 2.05) is 120 Å². The van der Waals surface area contributed by atoms with Crippen LogP contribution in [0.1, 0.15) is 64.2 Å². The van der Waals surface area contributed by atoms with Crippen LogP contribution in [0.5, 0.6) is 17.2 Å². The third kappa shape index (κ3) is 12.0. The molecule has 0 radical (unpaired) electrons. The standard InChI is InChI=1S/C41H50N2O8S/c1-29-37(42-52(7,45)46)14-11-15-38(29)43(26-30-12-9-8-10-13-30)27-31-16-18-33(19-17-31)48-34-22-20-32(21-23-34)47-28-36-24-35(49-41(5,6)50-36)25-39(44)51-40(2,3)4/h8-23,35-36,42H,24-28H2,1-7H3/t35-,36-/m0/s1. The van der Waals surface area contributed by atoms with Crippen LogP contribution < -0.4 is 19.1 Å². The van der Waals surface area contributed by atoms with Crippen molar-refractivity contribution in [1.29, 1.82) is 0 Å². The van der Waals surface area contributed by atoms with Gasteiger partial charge in [0.25, 0.3) is 0 Å². The SMILES string of the molecule is Cc1c(NS(C)(=O)=O)cccc1N(Cc1ccccc1)Cc1ccc(Oc2ccc(OC[C@@H]3C[C@@H](CC(=O)OC(C)(C)C)OC(C)(C)O3)cc2)cc1. The van der Waals surface area contributed by atoms with Crippen molar-refractivity contribution in [2.75, 3.05) is 22.5 Å². The first-order chi connectivity index (χ1) is 24.5. The van der Waals surface area contributed by atoms with Gasteiger partial charge in [-0.1, -0.05) is 48.5 Å². The topological polar surface area (TPSA) is 113 Å². The number of sulfonamides is 1. The van der Waals surface area contributed by atoms with Gasteiger partial charge in [0.15, 0.2) is 5.79 Å². The van der Waals surface area contributed by atoms with E-state index in [1.165, 1.54) is 0 Å². The van der Waals surface area contributed by atoms with E-state index in [1.54, 1.807) is 6.07 Å². The zero-order valence-corrected chi connectivity index (χ0v) is 31.9. The number of carbonyl (C=O) groups is 1. The maximum atomic E-state index is 12.4. The lowest BCUT2D eigenvalue weighted by atomic mass is 10.1. The summed E-state index contributed by atoms with van der Waals surface area (Å²) in [7, 11) is -3.43. The molecule has 278 valence electrons. The highest BCUT2D eigenvalue weighted by molar-refractivity contribution is 7.92. The van der Waals surface area contributed by atoms with Crippen LogP contribution in [-0.4, -0.2) is 50.8 Å². The summed E-state index contributed by atoms with van der Waals surface area (Å²) in [6, 6.07) is 31.2. The Bertz CT molecular complexity index is 1890. The van der Waals surface area contributed by atoms with Gasteiger partial charge in [0.2, 0.25) is 10.0 Å². The number of hydrogen-bond acceptors (Lipinski definition) is 9. The number of esters is 1. The molecule has 0 unspecified atom stereocenters. The Labute approximate surface area is 308 Å². The monoisotopic (exact) mass is 730 g/mol. The van der Waals surface area contributed by atoms with Crippen molar-refractivity contribution in [2.45, 2.75) is 91.1 Å². The largest absolute Gasteiger partial charge is 0.491 e. The molecule has 1 saturated heterocycles. The van der Waals surface area contributed by atoms with E-state index >= 15 is 0 Å². The van der Waals surface area contributed by atoms with Crippen molar-refractivity contribution < 1.29 is 36.9 Å². The molecule has 1 aliphatic rings. The van der Waals surface area contributed by atoms with Gasteiger partial charge in [-0.15, -0.1) is 0 Å². The van der Waals surface area contributed by atoms with E-state index in [2.05, 4.69) is 21.8 Å². The number of hydrogen-bond donors (Lipinski definition) is 1. The first kappa shape index (κ1) is 38.6. The second kappa shape index (κ2) is 16.4. The van der Waals surface area contributed by atoms with Gasteiger partial charge in [0.05, 0.1) is 30.6 Å². The van der Waals surface area contributed by atoms with E-state index < -0.39 is 21.4 Å². The van der Waals surface area contributed by atoms with Crippen LogP contribution in [-0.2, 0) is 42.1 Å². The molecule has 11 heteroatoms. The Balaban J connectivity index is 1.19. The minimum Gasteiger partial charge on any atom is -0.491 e. The molecule has 0 aliphatic carbocycles. The van der Waals surface area contributed by atoms with Crippen LogP contribution in [0.3, 0.4) is 0 Å². The third-order valence-corrected chi connectivity index (χ3v) is 8.78. The van der Waals surface area contributed by atoms with Crippen molar-refractivity contribution in [3.8, 4) is 17.2 Å². The first-order valence-electron chi connectivity index (χ1n) is 17.4. The van der Waals surface area contributed by atoms with Gasteiger partial charge in [-0.2, -0.15) is 0 Å². The zero-order valence-electron chi connectivity index (χ0n) is 31.0. The van der Waals surface area contributed by atoms with Gasteiger partial charge < -0.3 is 28.6 Å². The molecule has 0 spiro atoms. The molecule has 4 aromatic carbocycles. The summed E-state index contributed by atoms with van der Waals surface area (Å²) >= 11 is 0. The molecule has 2 atom stereocenters. The molecular weight excluding hydrogens is 681 g/mol. The predicted molar refractivity (Wildman–Crippen MR) is 203 cm³/mol. The second-order valence-corrected chi connectivity index (χ2v) is 16.3. The minimum atomic E-state index is -3.43. The van der Waals surface area contributed by atoms with E-state index in [0.717, 1.165) is 28.6 Å². The summed E-state index contributed by atoms with van der Waals surface area (Å²) < 4.78 is 56.4. The van der Waals surface area contributed by atoms with Crippen LogP contribution >= 0.6 is 0 Å². The van der Waals surface area contributed by atoms with Crippen molar-refractivity contribution in [2.24, 2.45) is 0 Å². The number of nitrogens with zero attached hydrogens (tertiary/aromatic N) is 1. The molecule has 0 amide bonds. The molecule has 1 aliphatic heterocycles. The van der Waals surface area contributed by atoms with Gasteiger partial charge in [-0.05, 0) is 107 Å². The molecule has 4 aromatic rings. The minimum absolute atomic E-state index is 0.151. The number of benzene rings is 4. The fourth-order valence-electron chi connectivity index (χ4n) is 6.13. The fraction of sp³-hybridized carbons (Fsp3) is 0.390. The molecule has 5 rings (SSSR count). The van der Waals surface area contributed by atoms with Gasteiger partial charge in [0, 0.05) is 25.2 Å². The maximum absolute atomic E-state index is 12.4. The fourth-order valence-corrected chi connectivity index (χ4v) is 6.76. The summed E-state index contributed by atoms with van der Waals surface area (Å²) in [6.07, 6.45) is 1.23. The van der Waals surface area contributed by atoms with Crippen LogP contribution in [0.4, 0.5) is 11.4 Å². The lowest BCUT2D eigenvalue weighted by Crippen LogP contribution is -2.47. The third-order valence-electron chi connectivity index (χ3n) is 8.19. The Kier molecular flexibility index (Phi) is 12.2. The first-order valence-corrected chi connectivity index (χ1v) is 19.3. The van der Waals surface area contributed by atoms with E-state index in [0.29, 0.717) is 49.1 Å². The van der Waals surface area contributed by atoms with Gasteiger partial charge in [0.1, 0.15) is 29.5 Å². The number of anilines is 2. The van der Waals surface area contributed by atoms with Crippen LogP contribution in [0, 0.1) is 6.92 Å². The van der Waals surface area contributed by atoms with Gasteiger partial charge in [-0.25, -0.2) is 8.42 Å². The highest BCUT2D eigenvalue weighted by Crippen LogP contribution is 2.32. The number of carbonyl (C=O) groups excluding carboxylic acids is 1. The number of nitrogens with one attached hydrogen (secondary N) is 1. The summed E-state index contributed by atoms with van der Waals surface area (Å²) in [4.78, 5) is 14.6. The summed E-state index contributed by atoms with van der Waals surface area (Å²) in [5.74, 6) is 0.874. The molecule has 1 N–H and O–H groups in total. The maximum Gasteiger partial charge on any atom is 0.308 e. The molecule has 0 bridgehead atoms. The summed E-state index contributed by atoms with van der Waals surface area (Å²) in [6.45, 7) is 12.7. The highest BCUT2D eigenvalue weighted by Gasteiger charge is 2.37. The molecule has 0 saturated carbocycles. The van der Waals surface area contributed by atoms with Crippen molar-refractivity contribution in [1.82, 2.24) is 0 Å². The smallest absolute Gasteiger partial charge is 0.308 e. The highest BCUT2D eigenvalue weighted by atomic mass is 32.2. The lowest BCUT2D eigenvalue weighted by Gasteiger charge is -2.40. The Morgan fingerprint density at radius 1 is 0.827 bits per heavy atom. The number of rotatable bonds is 14. The summed E-state index contributed by atoms with van der Waals surface area (Å²) in [5.41, 5.74) is 4.00. The van der Waals surface area contributed by atoms with Crippen LogP contribution in [0.15, 0.2) is 97.1 Å². The molecule has 1 fully saturated rings. The molecule has 10 nitrogen and oxygen atoms in total. The average Bonchev–Trinajstić information content (AvgIpc) is 3.04. The molecular formula is C41H50N2O8S. The van der Waals surface area contributed by atoms with Crippen LogP contribution in [0.2, 0.25) is 0 Å². The number of ether oxygens (including phenoxy) is 5. The quantitative estimate of drug-likeness (QED) is 0.128. The van der Waals surface area contributed by atoms with Crippen molar-refractivity contribution >= 4 is 27.4 Å². The van der Waals surface area contributed by atoms with Crippen molar-refractivity contribution in [3.05, 3.63) is 114 Å². The predicted octanol–water partition coefficient (Wildman–Crippen LogP) is 8.39. The normalized spacial score (nSPS) is 17.2. The lowest BCUT2D eigenvalue weighted by molar-refractivity contribution is -0.303. The van der Waals surface area contributed by atoms with Gasteiger partial charge in [-0.3, -0.25) is 9.52 Å². The summed E-state index contributed by atoms with van der Waals surface area (Å²) in [5, 5.41) is 0. The molecule has 1 heterocycles. The molecule has 0 aromatic heterocycles. The van der Waals surface area contributed by atoms with Crippen LogP contribution in [0.25, 0.3) is 0 Å². The Morgan fingerprint density at radius 2 is 1.40 bits per heavy atom. The Hall–Kier alpha value is -4.58. The average molecular weight is 731 g/mol. The van der Waals surface area contributed by atoms with Crippen molar-refractivity contribution in [3.63, 3.8) is 0 Å². The van der Waals surface area contributed by atoms with E-state index in [-0.39, 0.29) is 24.6 Å². The van der Waals surface area contributed by atoms with E-state index in [9.17, 15) is 13.2 Å². The zero-order chi connectivity index (χ0) is 37.5.